The Morgan fingerprint density at radius 3 is 2.82 bits per heavy atom. The maximum atomic E-state index is 5.52. The lowest BCUT2D eigenvalue weighted by Crippen LogP contribution is -2.29. The van der Waals surface area contributed by atoms with Crippen LogP contribution in [0.3, 0.4) is 0 Å². The van der Waals surface area contributed by atoms with Gasteiger partial charge in [0.25, 0.3) is 0 Å². The molecule has 17 heavy (non-hydrogen) atoms. The number of rotatable bonds is 5. The van der Waals surface area contributed by atoms with E-state index in [0.717, 1.165) is 32.6 Å². The van der Waals surface area contributed by atoms with Crippen molar-refractivity contribution in [2.75, 3.05) is 38.3 Å². The van der Waals surface area contributed by atoms with Crippen LogP contribution in [-0.2, 0) is 11.2 Å². The molecule has 0 spiro atoms. The van der Waals surface area contributed by atoms with E-state index >= 15 is 0 Å². The van der Waals surface area contributed by atoms with Crippen LogP contribution in [0.4, 0.5) is 6.01 Å². The van der Waals surface area contributed by atoms with Crippen molar-refractivity contribution < 1.29 is 9.15 Å². The number of nitrogens with two attached hydrogens (primary N) is 1. The molecule has 1 aliphatic rings. The molecule has 1 saturated heterocycles. The molecule has 0 aliphatic carbocycles. The molecule has 1 aromatic rings. The van der Waals surface area contributed by atoms with E-state index in [1.807, 2.05) is 11.9 Å². The summed E-state index contributed by atoms with van der Waals surface area (Å²) in [7, 11) is 1.98. The third-order valence-electron chi connectivity index (χ3n) is 3.01. The van der Waals surface area contributed by atoms with Gasteiger partial charge >= 0.3 is 6.01 Å². The van der Waals surface area contributed by atoms with E-state index in [2.05, 4.69) is 10.2 Å². The summed E-state index contributed by atoms with van der Waals surface area (Å²) in [6.07, 6.45) is 2.85. The zero-order chi connectivity index (χ0) is 12.1. The molecule has 0 amide bonds. The summed E-state index contributed by atoms with van der Waals surface area (Å²) < 4.78 is 10.9. The van der Waals surface area contributed by atoms with Crippen molar-refractivity contribution in [3.63, 3.8) is 0 Å². The molecule has 0 unspecified atom stereocenters. The fourth-order valence-electron chi connectivity index (χ4n) is 2.02. The second-order valence-corrected chi connectivity index (χ2v) is 4.45. The fraction of sp³-hybridized carbons (Fsp3) is 0.818. The van der Waals surface area contributed by atoms with Gasteiger partial charge in [-0.25, -0.2) is 0 Å². The second kappa shape index (κ2) is 5.97. The quantitative estimate of drug-likeness (QED) is 0.804. The highest BCUT2D eigenvalue weighted by Crippen LogP contribution is 2.19. The summed E-state index contributed by atoms with van der Waals surface area (Å²) in [5.74, 6) is 1.26. The lowest BCUT2D eigenvalue weighted by atomic mass is 10.0. The van der Waals surface area contributed by atoms with E-state index in [0.29, 0.717) is 30.8 Å². The first-order chi connectivity index (χ1) is 8.29. The minimum atomic E-state index is 0.533. The second-order valence-electron chi connectivity index (χ2n) is 4.45. The Morgan fingerprint density at radius 2 is 2.12 bits per heavy atom. The Bertz CT molecular complexity index is 336. The number of aromatic nitrogens is 2. The summed E-state index contributed by atoms with van der Waals surface area (Å²) >= 11 is 0. The molecular formula is C11H20N4O2. The number of hydrogen-bond acceptors (Lipinski definition) is 6. The van der Waals surface area contributed by atoms with Crippen LogP contribution in [0.1, 0.15) is 18.7 Å². The monoisotopic (exact) mass is 240 g/mol. The van der Waals surface area contributed by atoms with E-state index in [4.69, 9.17) is 14.9 Å². The van der Waals surface area contributed by atoms with Gasteiger partial charge in [-0.3, -0.25) is 0 Å². The van der Waals surface area contributed by atoms with Gasteiger partial charge in [0.15, 0.2) is 0 Å². The van der Waals surface area contributed by atoms with Crippen LogP contribution in [0.5, 0.6) is 0 Å². The third kappa shape index (κ3) is 3.41. The Morgan fingerprint density at radius 1 is 1.35 bits per heavy atom. The third-order valence-corrected chi connectivity index (χ3v) is 3.01. The highest BCUT2D eigenvalue weighted by molar-refractivity contribution is 5.22. The van der Waals surface area contributed by atoms with Crippen LogP contribution in [0, 0.1) is 5.92 Å². The van der Waals surface area contributed by atoms with Crippen LogP contribution < -0.4 is 10.6 Å². The zero-order valence-electron chi connectivity index (χ0n) is 10.3. The molecule has 1 aliphatic heterocycles. The van der Waals surface area contributed by atoms with Gasteiger partial charge in [0.2, 0.25) is 5.89 Å². The average molecular weight is 240 g/mol. The maximum absolute atomic E-state index is 5.52. The van der Waals surface area contributed by atoms with Gasteiger partial charge in [0.05, 0.1) is 0 Å². The van der Waals surface area contributed by atoms with Gasteiger partial charge in [-0.15, -0.1) is 5.10 Å². The minimum absolute atomic E-state index is 0.533. The molecule has 6 nitrogen and oxygen atoms in total. The van der Waals surface area contributed by atoms with E-state index in [1.165, 1.54) is 0 Å². The van der Waals surface area contributed by atoms with Gasteiger partial charge in [0.1, 0.15) is 0 Å². The summed E-state index contributed by atoms with van der Waals surface area (Å²) in [6, 6.07) is 0.583. The van der Waals surface area contributed by atoms with Gasteiger partial charge in [-0.05, 0) is 18.8 Å². The summed E-state index contributed by atoms with van der Waals surface area (Å²) in [6.45, 7) is 3.19. The Kier molecular flexibility index (Phi) is 4.33. The Hall–Kier alpha value is -1.14. The highest BCUT2D eigenvalue weighted by Gasteiger charge is 2.18. The first-order valence-corrected chi connectivity index (χ1v) is 6.11. The summed E-state index contributed by atoms with van der Waals surface area (Å²) in [5, 5.41) is 7.98. The average Bonchev–Trinajstić information content (AvgIpc) is 2.79. The van der Waals surface area contributed by atoms with Gasteiger partial charge in [-0.2, -0.15) is 0 Å². The summed E-state index contributed by atoms with van der Waals surface area (Å²) in [5.41, 5.74) is 5.44. The molecule has 96 valence electrons. The SMILES string of the molecule is CN(CC1CCOCC1)c1nnc(CCN)o1. The van der Waals surface area contributed by atoms with Gasteiger partial charge in [0, 0.05) is 39.8 Å². The molecule has 2 rings (SSSR count). The van der Waals surface area contributed by atoms with Crippen molar-refractivity contribution >= 4 is 6.01 Å². The largest absolute Gasteiger partial charge is 0.408 e. The van der Waals surface area contributed by atoms with E-state index in [-0.39, 0.29) is 0 Å². The minimum Gasteiger partial charge on any atom is -0.408 e. The lowest BCUT2D eigenvalue weighted by molar-refractivity contribution is 0.0682. The van der Waals surface area contributed by atoms with Crippen LogP contribution in [0.2, 0.25) is 0 Å². The Balaban J connectivity index is 1.86. The summed E-state index contributed by atoms with van der Waals surface area (Å²) in [4.78, 5) is 2.02. The standard InChI is InChI=1S/C11H20N4O2/c1-15(8-9-3-6-16-7-4-9)11-14-13-10(17-11)2-5-12/h9H,2-8,12H2,1H3. The predicted octanol–water partition coefficient (Wildman–Crippen LogP) is 0.434. The van der Waals surface area contributed by atoms with Crippen LogP contribution in [-0.4, -0.2) is 43.5 Å². The topological polar surface area (TPSA) is 77.4 Å². The van der Waals surface area contributed by atoms with Crippen LogP contribution in [0.15, 0.2) is 4.42 Å². The van der Waals surface area contributed by atoms with Crippen molar-refractivity contribution in [1.29, 1.82) is 0 Å². The van der Waals surface area contributed by atoms with Crippen LogP contribution in [0.25, 0.3) is 0 Å². The van der Waals surface area contributed by atoms with Crippen molar-refractivity contribution in [2.24, 2.45) is 11.7 Å². The molecular weight excluding hydrogens is 220 g/mol. The first-order valence-electron chi connectivity index (χ1n) is 6.11. The Labute approximate surface area is 101 Å². The molecule has 2 heterocycles. The molecule has 1 aromatic heterocycles. The van der Waals surface area contributed by atoms with Crippen LogP contribution >= 0.6 is 0 Å². The van der Waals surface area contributed by atoms with Gasteiger partial charge in [-0.1, -0.05) is 5.10 Å². The van der Waals surface area contributed by atoms with E-state index < -0.39 is 0 Å². The lowest BCUT2D eigenvalue weighted by Gasteiger charge is -2.25. The van der Waals surface area contributed by atoms with Crippen molar-refractivity contribution in [3.05, 3.63) is 5.89 Å². The molecule has 0 radical (unpaired) electrons. The van der Waals surface area contributed by atoms with Crippen molar-refractivity contribution in [2.45, 2.75) is 19.3 Å². The molecule has 2 N–H and O–H groups in total. The van der Waals surface area contributed by atoms with E-state index in [9.17, 15) is 0 Å². The molecule has 6 heteroatoms. The predicted molar refractivity (Wildman–Crippen MR) is 63.9 cm³/mol. The zero-order valence-corrected chi connectivity index (χ0v) is 10.3. The van der Waals surface area contributed by atoms with Crippen molar-refractivity contribution in [3.8, 4) is 0 Å². The molecule has 0 saturated carbocycles. The first kappa shape index (κ1) is 12.3. The number of nitrogens with zero attached hydrogens (tertiary/aromatic N) is 3. The molecule has 0 bridgehead atoms. The molecule has 0 atom stereocenters. The number of hydrogen-bond donors (Lipinski definition) is 1. The smallest absolute Gasteiger partial charge is 0.317 e. The van der Waals surface area contributed by atoms with Crippen molar-refractivity contribution in [1.82, 2.24) is 10.2 Å². The fourth-order valence-corrected chi connectivity index (χ4v) is 2.02. The molecule has 0 aromatic carbocycles. The maximum Gasteiger partial charge on any atom is 0.317 e. The molecule has 1 fully saturated rings. The van der Waals surface area contributed by atoms with E-state index in [1.54, 1.807) is 0 Å². The van der Waals surface area contributed by atoms with Gasteiger partial charge < -0.3 is 19.8 Å². The number of anilines is 1. The highest BCUT2D eigenvalue weighted by atomic mass is 16.5. The normalized spacial score (nSPS) is 17.3. The number of ether oxygens (including phenoxy) is 1.